The average molecular weight is 395 g/mol. The lowest BCUT2D eigenvalue weighted by atomic mass is 9.88. The minimum Gasteiger partial charge on any atom is -0.373 e. The van der Waals surface area contributed by atoms with Crippen molar-refractivity contribution in [3.05, 3.63) is 58.6 Å². The van der Waals surface area contributed by atoms with Crippen LogP contribution in [0.4, 0.5) is 20.2 Å². The molecular formula is C20H21ClF2N2O2. The monoisotopic (exact) mass is 394 g/mol. The quantitative estimate of drug-likeness (QED) is 0.626. The second kappa shape index (κ2) is 8.67. The lowest BCUT2D eigenvalue weighted by Gasteiger charge is -2.27. The number of nitrogens with one attached hydrogen (secondary N) is 2. The third-order valence-electron chi connectivity index (χ3n) is 4.80. The lowest BCUT2D eigenvalue weighted by molar-refractivity contribution is 0.0463. The van der Waals surface area contributed by atoms with Gasteiger partial charge in [-0.15, -0.1) is 0 Å². The molecule has 2 aromatic rings. The smallest absolute Gasteiger partial charge is 0.254 e. The molecule has 3 rings (SSSR count). The molecule has 1 amide bonds. The van der Waals surface area contributed by atoms with Crippen molar-refractivity contribution >= 4 is 28.9 Å². The summed E-state index contributed by atoms with van der Waals surface area (Å²) >= 11 is 6.12. The number of hydrogen-bond acceptors (Lipinski definition) is 3. The predicted octanol–water partition coefficient (Wildman–Crippen LogP) is 4.99. The molecule has 0 aromatic heterocycles. The van der Waals surface area contributed by atoms with Crippen molar-refractivity contribution in [2.45, 2.75) is 38.3 Å². The minimum absolute atomic E-state index is 0.0381. The van der Waals surface area contributed by atoms with Crippen LogP contribution < -0.4 is 10.6 Å². The molecule has 0 aliphatic heterocycles. The van der Waals surface area contributed by atoms with Crippen molar-refractivity contribution in [3.63, 3.8) is 0 Å². The van der Waals surface area contributed by atoms with Crippen LogP contribution in [-0.2, 0) is 0 Å². The molecular weight excluding hydrogens is 374 g/mol. The molecule has 0 bridgehead atoms. The van der Waals surface area contributed by atoms with Gasteiger partial charge in [-0.2, -0.15) is 0 Å². The summed E-state index contributed by atoms with van der Waals surface area (Å²) in [5, 5.41) is 15.9. The summed E-state index contributed by atoms with van der Waals surface area (Å²) in [6, 6.07) is 7.73. The van der Waals surface area contributed by atoms with E-state index >= 15 is 0 Å². The van der Waals surface area contributed by atoms with E-state index in [-0.39, 0.29) is 22.2 Å². The van der Waals surface area contributed by atoms with Gasteiger partial charge in [0.2, 0.25) is 0 Å². The van der Waals surface area contributed by atoms with Crippen molar-refractivity contribution in [3.8, 4) is 0 Å². The summed E-state index contributed by atoms with van der Waals surface area (Å²) in [7, 11) is 0. The highest BCUT2D eigenvalue weighted by molar-refractivity contribution is 6.34. The van der Waals surface area contributed by atoms with Crippen LogP contribution in [0.5, 0.6) is 0 Å². The van der Waals surface area contributed by atoms with E-state index in [1.807, 2.05) is 0 Å². The molecule has 27 heavy (non-hydrogen) atoms. The maximum absolute atomic E-state index is 13.8. The Morgan fingerprint density at radius 2 is 1.85 bits per heavy atom. The lowest BCUT2D eigenvalue weighted by Crippen LogP contribution is -2.41. The molecule has 1 aliphatic rings. The Morgan fingerprint density at radius 3 is 2.56 bits per heavy atom. The second-order valence-electron chi connectivity index (χ2n) is 6.76. The van der Waals surface area contributed by atoms with Gasteiger partial charge in [-0.1, -0.05) is 30.9 Å². The first-order valence-corrected chi connectivity index (χ1v) is 9.32. The van der Waals surface area contributed by atoms with E-state index < -0.39 is 23.8 Å². The number of anilines is 2. The zero-order chi connectivity index (χ0) is 19.4. The first-order valence-electron chi connectivity index (χ1n) is 8.94. The van der Waals surface area contributed by atoms with Crippen LogP contribution in [-0.4, -0.2) is 17.2 Å². The van der Waals surface area contributed by atoms with Crippen LogP contribution in [0.3, 0.4) is 0 Å². The van der Waals surface area contributed by atoms with Gasteiger partial charge in [0.15, 0.2) is 0 Å². The first-order chi connectivity index (χ1) is 12.9. The summed E-state index contributed by atoms with van der Waals surface area (Å²) in [4.78, 5) is 12.5. The van der Waals surface area contributed by atoms with Crippen LogP contribution in [0.15, 0.2) is 36.4 Å². The van der Waals surface area contributed by atoms with Gasteiger partial charge in [0.1, 0.15) is 17.9 Å². The Morgan fingerprint density at radius 1 is 1.11 bits per heavy atom. The molecule has 1 fully saturated rings. The number of carbonyl (C=O) groups is 1. The number of benzene rings is 2. The first kappa shape index (κ1) is 19.6. The summed E-state index contributed by atoms with van der Waals surface area (Å²) < 4.78 is 26.8. The van der Waals surface area contributed by atoms with E-state index in [0.717, 1.165) is 44.2 Å². The van der Waals surface area contributed by atoms with Gasteiger partial charge < -0.3 is 15.7 Å². The van der Waals surface area contributed by atoms with E-state index in [0.29, 0.717) is 5.69 Å². The molecule has 0 spiro atoms. The summed E-state index contributed by atoms with van der Waals surface area (Å²) in [6.07, 6.45) is 4.06. The molecule has 1 atom stereocenters. The van der Waals surface area contributed by atoms with Crippen LogP contribution in [0, 0.1) is 17.6 Å². The largest absolute Gasteiger partial charge is 0.373 e. The highest BCUT2D eigenvalue weighted by Gasteiger charge is 2.24. The van der Waals surface area contributed by atoms with E-state index in [9.17, 15) is 18.7 Å². The standard InChI is InChI=1S/C20H21ClF2N2O2/c21-16-8-7-14(24-18-9-6-13(22)10-17(18)23)11-15(16)20(27)25-19(26)12-4-2-1-3-5-12/h6-12,19,24,26H,1-5H2,(H,25,27). The average Bonchev–Trinajstić information content (AvgIpc) is 2.66. The number of carbonyl (C=O) groups excluding carboxylic acids is 1. The molecule has 1 aliphatic carbocycles. The Kier molecular flexibility index (Phi) is 6.29. The molecule has 7 heteroatoms. The van der Waals surface area contributed by atoms with Crippen LogP contribution in [0.25, 0.3) is 0 Å². The third-order valence-corrected chi connectivity index (χ3v) is 5.13. The summed E-state index contributed by atoms with van der Waals surface area (Å²) in [5.74, 6) is -1.88. The van der Waals surface area contributed by atoms with Gasteiger partial charge >= 0.3 is 0 Å². The van der Waals surface area contributed by atoms with Gasteiger partial charge in [0, 0.05) is 17.7 Å². The van der Waals surface area contributed by atoms with E-state index in [1.165, 1.54) is 18.2 Å². The molecule has 0 radical (unpaired) electrons. The fraction of sp³-hybridized carbons (Fsp3) is 0.350. The maximum Gasteiger partial charge on any atom is 0.254 e. The Bertz CT molecular complexity index is 826. The zero-order valence-corrected chi connectivity index (χ0v) is 15.4. The van der Waals surface area contributed by atoms with E-state index in [1.54, 1.807) is 6.07 Å². The molecule has 4 nitrogen and oxygen atoms in total. The van der Waals surface area contributed by atoms with Crippen molar-refractivity contribution < 1.29 is 18.7 Å². The maximum atomic E-state index is 13.8. The molecule has 0 heterocycles. The summed E-state index contributed by atoms with van der Waals surface area (Å²) in [6.45, 7) is 0. The number of aliphatic hydroxyl groups is 1. The van der Waals surface area contributed by atoms with Crippen LogP contribution >= 0.6 is 11.6 Å². The van der Waals surface area contributed by atoms with Gasteiger partial charge in [-0.25, -0.2) is 8.78 Å². The molecule has 144 valence electrons. The topological polar surface area (TPSA) is 61.4 Å². The fourth-order valence-electron chi connectivity index (χ4n) is 3.30. The highest BCUT2D eigenvalue weighted by atomic mass is 35.5. The molecule has 2 aromatic carbocycles. The molecule has 1 unspecified atom stereocenters. The van der Waals surface area contributed by atoms with Crippen LogP contribution in [0.1, 0.15) is 42.5 Å². The molecule has 3 N–H and O–H groups in total. The number of halogens is 3. The number of rotatable bonds is 5. The fourth-order valence-corrected chi connectivity index (χ4v) is 3.51. The number of aliphatic hydroxyl groups excluding tert-OH is 1. The van der Waals surface area contributed by atoms with Crippen molar-refractivity contribution in [1.29, 1.82) is 0 Å². The predicted molar refractivity (Wildman–Crippen MR) is 101 cm³/mol. The van der Waals surface area contributed by atoms with Crippen molar-refractivity contribution in [1.82, 2.24) is 5.32 Å². The van der Waals surface area contributed by atoms with Crippen LogP contribution in [0.2, 0.25) is 5.02 Å². The Balaban J connectivity index is 1.73. The molecule has 1 saturated carbocycles. The SMILES string of the molecule is O=C(NC(O)C1CCCCC1)c1cc(Nc2ccc(F)cc2F)ccc1Cl. The Hall–Kier alpha value is -2.18. The third kappa shape index (κ3) is 4.96. The van der Waals surface area contributed by atoms with E-state index in [4.69, 9.17) is 11.6 Å². The van der Waals surface area contributed by atoms with Gasteiger partial charge in [-0.05, 0) is 43.2 Å². The molecule has 0 saturated heterocycles. The van der Waals surface area contributed by atoms with Crippen molar-refractivity contribution in [2.75, 3.05) is 5.32 Å². The minimum atomic E-state index is -0.931. The number of hydrogen-bond donors (Lipinski definition) is 3. The zero-order valence-electron chi connectivity index (χ0n) is 14.6. The normalized spacial score (nSPS) is 16.0. The van der Waals surface area contributed by atoms with Gasteiger partial charge in [0.05, 0.1) is 16.3 Å². The van der Waals surface area contributed by atoms with Gasteiger partial charge in [0.25, 0.3) is 5.91 Å². The number of amides is 1. The highest BCUT2D eigenvalue weighted by Crippen LogP contribution is 2.27. The van der Waals surface area contributed by atoms with Gasteiger partial charge in [-0.3, -0.25) is 4.79 Å². The second-order valence-corrected chi connectivity index (χ2v) is 7.17. The Labute approximate surface area is 161 Å². The van der Waals surface area contributed by atoms with E-state index in [2.05, 4.69) is 10.6 Å². The summed E-state index contributed by atoms with van der Waals surface area (Å²) in [5.41, 5.74) is 0.661. The van der Waals surface area contributed by atoms with Crippen molar-refractivity contribution in [2.24, 2.45) is 5.92 Å².